The molecule has 0 aromatic heterocycles. The number of anilines is 1. The maximum absolute atomic E-state index is 12.1. The van der Waals surface area contributed by atoms with Gasteiger partial charge in [0.25, 0.3) is 0 Å². The van der Waals surface area contributed by atoms with Gasteiger partial charge in [-0.3, -0.25) is 4.79 Å². The van der Waals surface area contributed by atoms with Gasteiger partial charge in [0.15, 0.2) is 0 Å². The van der Waals surface area contributed by atoms with Crippen LogP contribution >= 0.6 is 0 Å². The summed E-state index contributed by atoms with van der Waals surface area (Å²) in [5, 5.41) is 6.32. The summed E-state index contributed by atoms with van der Waals surface area (Å²) in [5.74, 6) is 1.55. The highest BCUT2D eigenvalue weighted by atomic mass is 16.5. The molecule has 0 bridgehead atoms. The molecule has 0 spiro atoms. The Hall–Kier alpha value is -1.55. The van der Waals surface area contributed by atoms with Gasteiger partial charge in [-0.05, 0) is 81.8 Å². The van der Waals surface area contributed by atoms with E-state index in [1.807, 2.05) is 24.3 Å². The number of benzene rings is 1. The standard InChI is InChI=1S/C18H26N2O2/c21-18(13-14-9-11-19-12-10-14)20-15-5-7-17(8-6-15)22-16-3-1-2-4-16/h5-8,14,16,19H,1-4,9-13H2,(H,20,21). The third kappa shape index (κ3) is 4.47. The van der Waals surface area contributed by atoms with Crippen molar-refractivity contribution in [2.45, 2.75) is 51.0 Å². The van der Waals surface area contributed by atoms with E-state index in [0.29, 0.717) is 18.4 Å². The highest BCUT2D eigenvalue weighted by Crippen LogP contribution is 2.25. The lowest BCUT2D eigenvalue weighted by molar-refractivity contribution is -0.117. The second-order valence-corrected chi connectivity index (χ2v) is 6.49. The van der Waals surface area contributed by atoms with E-state index in [-0.39, 0.29) is 5.91 Å². The van der Waals surface area contributed by atoms with Gasteiger partial charge in [-0.2, -0.15) is 0 Å². The first-order chi connectivity index (χ1) is 10.8. The van der Waals surface area contributed by atoms with Crippen LogP contribution in [0.1, 0.15) is 44.9 Å². The molecule has 2 aliphatic rings. The summed E-state index contributed by atoms with van der Waals surface area (Å²) in [5.41, 5.74) is 0.859. The van der Waals surface area contributed by atoms with Gasteiger partial charge in [0, 0.05) is 12.1 Å². The molecule has 22 heavy (non-hydrogen) atoms. The van der Waals surface area contributed by atoms with Crippen molar-refractivity contribution < 1.29 is 9.53 Å². The molecule has 1 heterocycles. The third-order valence-electron chi connectivity index (χ3n) is 4.68. The molecule has 1 aliphatic heterocycles. The Bertz CT molecular complexity index is 474. The topological polar surface area (TPSA) is 50.4 Å². The number of carbonyl (C=O) groups excluding carboxylic acids is 1. The smallest absolute Gasteiger partial charge is 0.224 e. The normalized spacial score (nSPS) is 20.0. The quantitative estimate of drug-likeness (QED) is 0.877. The first kappa shape index (κ1) is 15.3. The first-order valence-corrected chi connectivity index (χ1v) is 8.57. The number of piperidine rings is 1. The summed E-state index contributed by atoms with van der Waals surface area (Å²) >= 11 is 0. The Morgan fingerprint density at radius 1 is 1.09 bits per heavy atom. The zero-order chi connectivity index (χ0) is 15.2. The molecule has 1 saturated carbocycles. The third-order valence-corrected chi connectivity index (χ3v) is 4.68. The lowest BCUT2D eigenvalue weighted by Gasteiger charge is -2.22. The predicted octanol–water partition coefficient (Wildman–Crippen LogP) is 3.34. The maximum atomic E-state index is 12.1. The van der Waals surface area contributed by atoms with Crippen LogP contribution in [0.3, 0.4) is 0 Å². The fourth-order valence-corrected chi connectivity index (χ4v) is 3.38. The van der Waals surface area contributed by atoms with Gasteiger partial charge in [0.1, 0.15) is 5.75 Å². The van der Waals surface area contributed by atoms with Gasteiger partial charge in [-0.15, -0.1) is 0 Å². The number of amides is 1. The van der Waals surface area contributed by atoms with Crippen molar-refractivity contribution in [3.05, 3.63) is 24.3 Å². The molecule has 2 N–H and O–H groups in total. The molecule has 1 aromatic carbocycles. The van der Waals surface area contributed by atoms with E-state index in [4.69, 9.17) is 4.74 Å². The molecule has 1 aromatic rings. The van der Waals surface area contributed by atoms with Crippen LogP contribution in [0, 0.1) is 5.92 Å². The van der Waals surface area contributed by atoms with Crippen LogP contribution in [0.4, 0.5) is 5.69 Å². The SMILES string of the molecule is O=C(CC1CCNCC1)Nc1ccc(OC2CCCC2)cc1. The summed E-state index contributed by atoms with van der Waals surface area (Å²) in [6, 6.07) is 7.78. The highest BCUT2D eigenvalue weighted by Gasteiger charge is 2.18. The van der Waals surface area contributed by atoms with Crippen LogP contribution in [-0.4, -0.2) is 25.1 Å². The minimum atomic E-state index is 0.122. The Morgan fingerprint density at radius 3 is 2.45 bits per heavy atom. The molecular formula is C18H26N2O2. The summed E-state index contributed by atoms with van der Waals surface area (Å²) in [6.45, 7) is 2.07. The van der Waals surface area contributed by atoms with E-state index in [9.17, 15) is 4.79 Å². The molecule has 0 atom stereocenters. The van der Waals surface area contributed by atoms with Gasteiger partial charge in [-0.25, -0.2) is 0 Å². The molecule has 3 rings (SSSR count). The second-order valence-electron chi connectivity index (χ2n) is 6.49. The van der Waals surface area contributed by atoms with E-state index >= 15 is 0 Å². The molecule has 4 nitrogen and oxygen atoms in total. The van der Waals surface area contributed by atoms with E-state index in [1.165, 1.54) is 12.8 Å². The minimum absolute atomic E-state index is 0.122. The Kier molecular flexibility index (Phi) is 5.33. The molecule has 1 amide bonds. The number of carbonyl (C=O) groups is 1. The van der Waals surface area contributed by atoms with E-state index < -0.39 is 0 Å². The summed E-state index contributed by atoms with van der Waals surface area (Å²) in [7, 11) is 0. The van der Waals surface area contributed by atoms with Crippen LogP contribution in [0.2, 0.25) is 0 Å². The average molecular weight is 302 g/mol. The number of nitrogens with one attached hydrogen (secondary N) is 2. The zero-order valence-corrected chi connectivity index (χ0v) is 13.1. The van der Waals surface area contributed by atoms with Crippen molar-refractivity contribution in [1.82, 2.24) is 5.32 Å². The molecule has 0 unspecified atom stereocenters. The molecule has 120 valence electrons. The van der Waals surface area contributed by atoms with Crippen molar-refractivity contribution in [2.75, 3.05) is 18.4 Å². The van der Waals surface area contributed by atoms with Crippen molar-refractivity contribution in [3.63, 3.8) is 0 Å². The van der Waals surface area contributed by atoms with Crippen LogP contribution < -0.4 is 15.4 Å². The zero-order valence-electron chi connectivity index (χ0n) is 13.1. The van der Waals surface area contributed by atoms with Crippen molar-refractivity contribution >= 4 is 11.6 Å². The van der Waals surface area contributed by atoms with Crippen molar-refractivity contribution in [1.29, 1.82) is 0 Å². The Morgan fingerprint density at radius 2 is 1.77 bits per heavy atom. The molecule has 2 fully saturated rings. The van der Waals surface area contributed by atoms with Gasteiger partial charge in [0.2, 0.25) is 5.91 Å². The van der Waals surface area contributed by atoms with Gasteiger partial charge >= 0.3 is 0 Å². The van der Waals surface area contributed by atoms with Gasteiger partial charge in [0.05, 0.1) is 6.10 Å². The average Bonchev–Trinajstić information content (AvgIpc) is 3.03. The Labute approximate surface area is 132 Å². The van der Waals surface area contributed by atoms with E-state index in [0.717, 1.165) is 50.2 Å². The lowest BCUT2D eigenvalue weighted by atomic mass is 9.94. The second kappa shape index (κ2) is 7.63. The largest absolute Gasteiger partial charge is 0.490 e. The van der Waals surface area contributed by atoms with Crippen LogP contribution in [-0.2, 0) is 4.79 Å². The van der Waals surface area contributed by atoms with Crippen molar-refractivity contribution in [2.24, 2.45) is 5.92 Å². The van der Waals surface area contributed by atoms with Crippen molar-refractivity contribution in [3.8, 4) is 5.75 Å². The summed E-state index contributed by atoms with van der Waals surface area (Å²) in [6.07, 6.45) is 8.07. The highest BCUT2D eigenvalue weighted by molar-refractivity contribution is 5.90. The predicted molar refractivity (Wildman–Crippen MR) is 88.2 cm³/mol. The molecular weight excluding hydrogens is 276 g/mol. The first-order valence-electron chi connectivity index (χ1n) is 8.57. The van der Waals surface area contributed by atoms with Crippen LogP contribution in [0.15, 0.2) is 24.3 Å². The van der Waals surface area contributed by atoms with Gasteiger partial charge < -0.3 is 15.4 Å². The lowest BCUT2D eigenvalue weighted by Crippen LogP contribution is -2.30. The molecule has 1 aliphatic carbocycles. The van der Waals surface area contributed by atoms with Crippen LogP contribution in [0.5, 0.6) is 5.75 Å². The minimum Gasteiger partial charge on any atom is -0.490 e. The maximum Gasteiger partial charge on any atom is 0.224 e. The summed E-state index contributed by atoms with van der Waals surface area (Å²) < 4.78 is 5.94. The number of hydrogen-bond donors (Lipinski definition) is 2. The Balaban J connectivity index is 1.46. The molecule has 4 heteroatoms. The summed E-state index contributed by atoms with van der Waals surface area (Å²) in [4.78, 5) is 12.1. The van der Waals surface area contributed by atoms with E-state index in [1.54, 1.807) is 0 Å². The van der Waals surface area contributed by atoms with E-state index in [2.05, 4.69) is 10.6 Å². The fourth-order valence-electron chi connectivity index (χ4n) is 3.38. The molecule has 0 radical (unpaired) electrons. The molecule has 1 saturated heterocycles. The van der Waals surface area contributed by atoms with Crippen LogP contribution in [0.25, 0.3) is 0 Å². The van der Waals surface area contributed by atoms with Gasteiger partial charge in [-0.1, -0.05) is 0 Å². The number of hydrogen-bond acceptors (Lipinski definition) is 3. The number of ether oxygens (including phenoxy) is 1. The monoisotopic (exact) mass is 302 g/mol. The fraction of sp³-hybridized carbons (Fsp3) is 0.611. The number of rotatable bonds is 5.